The molecule has 3 heterocycles. The molecule has 2 atom stereocenters. The van der Waals surface area contributed by atoms with Crippen LogP contribution in [-0.2, 0) is 9.59 Å². The number of nitrogens with two attached hydrogens (primary N) is 1. The number of carbonyl (C=O) groups is 2. The number of hydrogen-bond donors (Lipinski definition) is 1. The first-order valence-corrected chi connectivity index (χ1v) is 15.9. The number of ether oxygens (including phenoxy) is 1. The lowest BCUT2D eigenvalue weighted by Crippen LogP contribution is -2.51. The minimum atomic E-state index is -0.467. The summed E-state index contributed by atoms with van der Waals surface area (Å²) in [6.07, 6.45) is 8.86. The van der Waals surface area contributed by atoms with Crippen molar-refractivity contribution in [1.29, 1.82) is 0 Å². The van der Waals surface area contributed by atoms with Gasteiger partial charge in [0.1, 0.15) is 11.5 Å². The van der Waals surface area contributed by atoms with E-state index >= 15 is 0 Å². The number of likely N-dealkylation sites (tertiary alicyclic amines) is 1. The number of nitrogens with zero attached hydrogens (tertiary/aromatic N) is 4. The molecule has 5 rings (SSSR count). The van der Waals surface area contributed by atoms with Gasteiger partial charge in [0.25, 0.3) is 0 Å². The highest BCUT2D eigenvalue weighted by molar-refractivity contribution is 6.18. The Bertz CT molecular complexity index is 1500. The summed E-state index contributed by atoms with van der Waals surface area (Å²) >= 11 is 0. The number of para-hydroxylation sites is 1. The number of benzene rings is 2. The molecular weight excluding hydrogens is 566 g/mol. The molecule has 0 aromatic heterocycles. The molecule has 45 heavy (non-hydrogen) atoms. The molecule has 2 aromatic rings. The maximum atomic E-state index is 14.5. The molecule has 9 heteroatoms. The van der Waals surface area contributed by atoms with Crippen molar-refractivity contribution >= 4 is 23.2 Å². The summed E-state index contributed by atoms with van der Waals surface area (Å²) in [5.41, 5.74) is 10.8. The van der Waals surface area contributed by atoms with Crippen molar-refractivity contribution in [3.8, 4) is 11.5 Å². The lowest BCUT2D eigenvalue weighted by molar-refractivity contribution is -0.833. The fraction of sp³-hybridized carbons (Fsp3) is 0.417. The first-order chi connectivity index (χ1) is 21.5. The molecule has 0 bridgehead atoms. The second kappa shape index (κ2) is 13.8. The van der Waals surface area contributed by atoms with Gasteiger partial charge in [-0.1, -0.05) is 32.0 Å². The normalized spacial score (nSPS) is 21.4. The molecule has 2 N–H and O–H groups in total. The van der Waals surface area contributed by atoms with Crippen LogP contribution >= 0.6 is 0 Å². The third-order valence-corrected chi connectivity index (χ3v) is 8.99. The third-order valence-electron chi connectivity index (χ3n) is 8.99. The maximum Gasteiger partial charge on any atom is 0.246 e. The van der Waals surface area contributed by atoms with E-state index in [1.54, 1.807) is 25.1 Å². The van der Waals surface area contributed by atoms with Crippen LogP contribution < -0.4 is 15.4 Å². The van der Waals surface area contributed by atoms with Gasteiger partial charge in [0.2, 0.25) is 11.8 Å². The van der Waals surface area contributed by atoms with Crippen molar-refractivity contribution in [1.82, 2.24) is 4.90 Å². The Morgan fingerprint density at radius 1 is 1.09 bits per heavy atom. The summed E-state index contributed by atoms with van der Waals surface area (Å²) in [4.78, 5) is 35.7. The Morgan fingerprint density at radius 3 is 2.40 bits per heavy atom. The molecular formula is C36H45N5O4. The average molecular weight is 612 g/mol. The molecule has 2 aromatic carbocycles. The minimum absolute atomic E-state index is 0.0240. The van der Waals surface area contributed by atoms with Crippen LogP contribution in [0.4, 0.5) is 5.69 Å². The van der Waals surface area contributed by atoms with Gasteiger partial charge in [0.05, 0.1) is 32.0 Å². The van der Waals surface area contributed by atoms with Crippen LogP contribution in [0.2, 0.25) is 0 Å². The zero-order chi connectivity index (χ0) is 32.1. The fourth-order valence-electron chi connectivity index (χ4n) is 6.36. The van der Waals surface area contributed by atoms with Gasteiger partial charge in [-0.05, 0) is 79.6 Å². The fourth-order valence-corrected chi connectivity index (χ4v) is 6.36. The Hall–Kier alpha value is -4.21. The van der Waals surface area contributed by atoms with Crippen LogP contribution in [0.15, 0.2) is 94.9 Å². The Balaban J connectivity index is 1.35. The molecule has 0 saturated carbocycles. The molecule has 238 valence electrons. The summed E-state index contributed by atoms with van der Waals surface area (Å²) in [6, 6.07) is 17.2. The molecule has 3 aliphatic heterocycles. The zero-order valence-electron chi connectivity index (χ0n) is 26.8. The van der Waals surface area contributed by atoms with Crippen molar-refractivity contribution in [2.75, 3.05) is 38.6 Å². The molecule has 0 aliphatic carbocycles. The highest BCUT2D eigenvalue weighted by Crippen LogP contribution is 2.41. The Kier molecular flexibility index (Phi) is 9.90. The highest BCUT2D eigenvalue weighted by Gasteiger charge is 2.44. The predicted molar refractivity (Wildman–Crippen MR) is 178 cm³/mol. The number of aliphatic imine (C=N–C) groups is 1. The molecule has 3 aliphatic rings. The van der Waals surface area contributed by atoms with E-state index in [9.17, 15) is 14.8 Å². The number of quaternary nitrogens is 1. The number of allylic oxidation sites excluding steroid dienone is 2. The van der Waals surface area contributed by atoms with E-state index in [1.807, 2.05) is 65.7 Å². The molecule has 2 saturated heterocycles. The first kappa shape index (κ1) is 32.2. The van der Waals surface area contributed by atoms with Crippen LogP contribution in [0.5, 0.6) is 11.5 Å². The summed E-state index contributed by atoms with van der Waals surface area (Å²) in [5, 5.41) is 11.8. The van der Waals surface area contributed by atoms with Gasteiger partial charge in [-0.25, -0.2) is 0 Å². The van der Waals surface area contributed by atoms with Crippen molar-refractivity contribution in [2.45, 2.75) is 46.0 Å². The van der Waals surface area contributed by atoms with E-state index in [1.165, 1.54) is 6.08 Å². The van der Waals surface area contributed by atoms with Gasteiger partial charge < -0.3 is 25.2 Å². The van der Waals surface area contributed by atoms with Crippen molar-refractivity contribution in [3.63, 3.8) is 0 Å². The number of hydrogen-bond acceptors (Lipinski definition) is 6. The van der Waals surface area contributed by atoms with Crippen molar-refractivity contribution < 1.29 is 19.0 Å². The Morgan fingerprint density at radius 2 is 1.76 bits per heavy atom. The molecule has 9 nitrogen and oxygen atoms in total. The van der Waals surface area contributed by atoms with Gasteiger partial charge in [0.15, 0.2) is 0 Å². The summed E-state index contributed by atoms with van der Waals surface area (Å²) in [5.74, 6) is 1.30. The van der Waals surface area contributed by atoms with E-state index in [-0.39, 0.29) is 30.2 Å². The molecule has 2 unspecified atom stereocenters. The topological polar surface area (TPSA) is 111 Å². The second-order valence-electron chi connectivity index (χ2n) is 12.8. The number of amides is 2. The van der Waals surface area contributed by atoms with Crippen LogP contribution in [0.3, 0.4) is 0 Å². The number of piperidine rings is 2. The largest absolute Gasteiger partial charge is 0.633 e. The van der Waals surface area contributed by atoms with Gasteiger partial charge in [-0.3, -0.25) is 19.5 Å². The van der Waals surface area contributed by atoms with E-state index in [2.05, 4.69) is 13.8 Å². The summed E-state index contributed by atoms with van der Waals surface area (Å²) in [6.45, 7) is 5.70. The molecule has 0 spiro atoms. The summed E-state index contributed by atoms with van der Waals surface area (Å²) < 4.78 is 5.54. The third kappa shape index (κ3) is 7.72. The monoisotopic (exact) mass is 611 g/mol. The van der Waals surface area contributed by atoms with E-state index in [4.69, 9.17) is 15.5 Å². The second-order valence-corrected chi connectivity index (χ2v) is 12.8. The van der Waals surface area contributed by atoms with E-state index in [0.29, 0.717) is 49.0 Å². The smallest absolute Gasteiger partial charge is 0.246 e. The number of likely N-dealkylation sites (N-methyl/N-ethyl adjacent to an activating group) is 1. The lowest BCUT2D eigenvalue weighted by Gasteiger charge is -2.42. The highest BCUT2D eigenvalue weighted by atomic mass is 16.5. The Labute approximate surface area is 266 Å². The van der Waals surface area contributed by atoms with Gasteiger partial charge in [-0.15, -0.1) is 0 Å². The quantitative estimate of drug-likeness (QED) is 0.208. The van der Waals surface area contributed by atoms with Gasteiger partial charge in [-0.2, -0.15) is 0 Å². The number of fused-ring (bicyclic) bond motifs is 1. The van der Waals surface area contributed by atoms with Gasteiger partial charge >= 0.3 is 0 Å². The predicted octanol–water partition coefficient (Wildman–Crippen LogP) is 6.15. The maximum absolute atomic E-state index is 14.5. The summed E-state index contributed by atoms with van der Waals surface area (Å²) in [7, 11) is 3.11. The van der Waals surface area contributed by atoms with E-state index < -0.39 is 4.65 Å². The van der Waals surface area contributed by atoms with E-state index in [0.717, 1.165) is 42.0 Å². The standard InChI is InChI=1S/C36H45N5O4/c1-5-26-23-32(37)35-34(38-24-26)25(2)31(22-27-17-19-39(20-18-27)33(42)12-9-21-41(3,4)44)36(43)40(35)28-13-15-30(16-14-28)45-29-10-7-6-8-11-29/h6-16,24-25,27,31H,5,17-23,37H2,1-4H3/b12-9+. The van der Waals surface area contributed by atoms with Crippen LogP contribution in [0, 0.1) is 23.0 Å². The van der Waals surface area contributed by atoms with Crippen molar-refractivity contribution in [2.24, 2.45) is 28.5 Å². The number of rotatable bonds is 9. The number of hydroxylamine groups is 3. The lowest BCUT2D eigenvalue weighted by atomic mass is 9.75. The van der Waals surface area contributed by atoms with Crippen LogP contribution in [-0.4, -0.2) is 60.8 Å². The number of carbonyl (C=O) groups excluding carboxylic acids is 2. The van der Waals surface area contributed by atoms with Crippen molar-refractivity contribution in [3.05, 3.63) is 95.1 Å². The zero-order valence-corrected chi connectivity index (χ0v) is 26.8. The van der Waals surface area contributed by atoms with Crippen LogP contribution in [0.25, 0.3) is 0 Å². The first-order valence-electron chi connectivity index (χ1n) is 15.9. The number of anilines is 1. The average Bonchev–Trinajstić information content (AvgIpc) is 3.19. The van der Waals surface area contributed by atoms with Gasteiger partial charge in [0, 0.05) is 55.0 Å². The van der Waals surface area contributed by atoms with Crippen LogP contribution in [0.1, 0.15) is 46.0 Å². The SMILES string of the molecule is CCC1=CN=C2C(=C(N)C1)N(c1ccc(Oc3ccccc3)cc1)C(=O)C(CC1CCN(C(=O)/C=C/C[N+](C)(C)[O-])CC1)C2C. The molecule has 2 amide bonds. The minimum Gasteiger partial charge on any atom is -0.633 e. The molecule has 2 fully saturated rings. The molecule has 0 radical (unpaired) electrons.